The molecule has 22 heavy (non-hydrogen) atoms. The Bertz CT molecular complexity index is 756. The van der Waals surface area contributed by atoms with Crippen LogP contribution >= 0.6 is 11.8 Å². The second-order valence-corrected chi connectivity index (χ2v) is 6.07. The smallest absolute Gasteiger partial charge is 0.264 e. The first-order valence-electron chi connectivity index (χ1n) is 7.17. The molecule has 1 amide bonds. The maximum absolute atomic E-state index is 12.1. The van der Waals surface area contributed by atoms with E-state index in [-0.39, 0.29) is 5.91 Å². The summed E-state index contributed by atoms with van der Waals surface area (Å²) in [6.07, 6.45) is 3.91. The number of hydrogen-bond acceptors (Lipinski definition) is 3. The topological polar surface area (TPSA) is 46.4 Å². The quantitative estimate of drug-likeness (QED) is 0.878. The molecule has 0 unspecified atom stereocenters. The van der Waals surface area contributed by atoms with Crippen molar-refractivity contribution in [1.29, 1.82) is 0 Å². The third kappa shape index (κ3) is 3.14. The first-order chi connectivity index (χ1) is 10.7. The Morgan fingerprint density at radius 1 is 1.27 bits per heavy atom. The van der Waals surface area contributed by atoms with Gasteiger partial charge in [-0.2, -0.15) is 0 Å². The van der Waals surface area contributed by atoms with E-state index in [0.717, 1.165) is 17.9 Å². The molecule has 2 aromatic rings. The van der Waals surface area contributed by atoms with E-state index in [1.807, 2.05) is 55.6 Å². The lowest BCUT2D eigenvalue weighted by Gasteiger charge is -2.01. The molecular formula is C17H17N3OS. The Balaban J connectivity index is 1.82. The number of aryl methyl sites for hydroxylation is 2. The zero-order valence-corrected chi connectivity index (χ0v) is 13.4. The third-order valence-corrected chi connectivity index (χ3v) is 4.31. The Morgan fingerprint density at radius 2 is 2.05 bits per heavy atom. The van der Waals surface area contributed by atoms with Crippen molar-refractivity contribution in [3.8, 4) is 0 Å². The molecule has 1 aromatic heterocycles. The number of hydrogen-bond donors (Lipinski definition) is 1. The summed E-state index contributed by atoms with van der Waals surface area (Å²) in [6.45, 7) is 4.99. The molecule has 1 aromatic carbocycles. The number of nitrogens with one attached hydrogen (secondary N) is 1. The van der Waals surface area contributed by atoms with Gasteiger partial charge in [-0.05, 0) is 56.0 Å². The van der Waals surface area contributed by atoms with Gasteiger partial charge in [0.25, 0.3) is 5.91 Å². The summed E-state index contributed by atoms with van der Waals surface area (Å²) < 4.78 is 2.09. The average molecular weight is 311 g/mol. The molecule has 2 heterocycles. The Hall–Kier alpha value is -2.27. The maximum atomic E-state index is 12.1. The van der Waals surface area contributed by atoms with Gasteiger partial charge in [0.15, 0.2) is 5.17 Å². The first-order valence-corrected chi connectivity index (χ1v) is 7.99. The van der Waals surface area contributed by atoms with E-state index in [9.17, 15) is 4.79 Å². The summed E-state index contributed by atoms with van der Waals surface area (Å²) >= 11 is 1.37. The van der Waals surface area contributed by atoms with Crippen molar-refractivity contribution in [3.05, 3.63) is 58.8 Å². The molecule has 1 saturated heterocycles. The molecule has 1 aliphatic rings. The first kappa shape index (κ1) is 14.7. The number of rotatable bonds is 3. The molecule has 0 bridgehead atoms. The van der Waals surface area contributed by atoms with Gasteiger partial charge in [0.1, 0.15) is 0 Å². The van der Waals surface area contributed by atoms with Gasteiger partial charge in [-0.15, -0.1) is 0 Å². The van der Waals surface area contributed by atoms with Crippen LogP contribution in [-0.2, 0) is 11.3 Å². The third-order valence-electron chi connectivity index (χ3n) is 3.40. The molecule has 4 nitrogen and oxygen atoms in total. The van der Waals surface area contributed by atoms with E-state index in [2.05, 4.69) is 21.8 Å². The number of amides is 1. The van der Waals surface area contributed by atoms with Crippen LogP contribution in [0.2, 0.25) is 0 Å². The number of carbonyl (C=O) groups is 1. The van der Waals surface area contributed by atoms with E-state index in [4.69, 9.17) is 0 Å². The van der Waals surface area contributed by atoms with Crippen LogP contribution in [0.3, 0.4) is 0 Å². The van der Waals surface area contributed by atoms with Gasteiger partial charge in [0.05, 0.1) is 10.6 Å². The van der Waals surface area contributed by atoms with Crippen LogP contribution in [0.5, 0.6) is 0 Å². The minimum atomic E-state index is -0.0975. The van der Waals surface area contributed by atoms with E-state index in [1.54, 1.807) is 0 Å². The molecule has 0 atom stereocenters. The lowest BCUT2D eigenvalue weighted by atomic mass is 10.2. The fourth-order valence-corrected chi connectivity index (χ4v) is 3.02. The summed E-state index contributed by atoms with van der Waals surface area (Å²) in [5, 5.41) is 3.43. The van der Waals surface area contributed by atoms with Gasteiger partial charge >= 0.3 is 0 Å². The Labute approximate surface area is 133 Å². The summed E-state index contributed by atoms with van der Waals surface area (Å²) in [7, 11) is 0. The van der Waals surface area contributed by atoms with Crippen molar-refractivity contribution in [3.63, 3.8) is 0 Å². The molecule has 0 saturated carbocycles. The summed E-state index contributed by atoms with van der Waals surface area (Å²) in [4.78, 5) is 17.2. The van der Waals surface area contributed by atoms with Crippen molar-refractivity contribution in [2.75, 3.05) is 0 Å². The van der Waals surface area contributed by atoms with E-state index < -0.39 is 0 Å². The molecule has 1 aliphatic heterocycles. The molecule has 112 valence electrons. The van der Waals surface area contributed by atoms with Crippen molar-refractivity contribution in [2.24, 2.45) is 4.99 Å². The SMILES string of the molecule is CCn1cccc1/C=C1/SC(=Nc2ccc(C)cc2)NC1=O. The van der Waals surface area contributed by atoms with E-state index in [1.165, 1.54) is 17.3 Å². The van der Waals surface area contributed by atoms with Crippen LogP contribution < -0.4 is 5.32 Å². The highest BCUT2D eigenvalue weighted by atomic mass is 32.2. The second-order valence-electron chi connectivity index (χ2n) is 5.04. The van der Waals surface area contributed by atoms with Crippen molar-refractivity contribution in [1.82, 2.24) is 9.88 Å². The van der Waals surface area contributed by atoms with Gasteiger partial charge < -0.3 is 9.88 Å². The van der Waals surface area contributed by atoms with E-state index >= 15 is 0 Å². The van der Waals surface area contributed by atoms with Gasteiger partial charge in [-0.1, -0.05) is 17.7 Å². The highest BCUT2D eigenvalue weighted by molar-refractivity contribution is 8.18. The minimum absolute atomic E-state index is 0.0975. The predicted molar refractivity (Wildman–Crippen MR) is 92.1 cm³/mol. The van der Waals surface area contributed by atoms with Gasteiger partial charge in [0.2, 0.25) is 0 Å². The molecular weight excluding hydrogens is 294 g/mol. The van der Waals surface area contributed by atoms with E-state index in [0.29, 0.717) is 10.1 Å². The zero-order valence-electron chi connectivity index (χ0n) is 12.5. The molecule has 0 aliphatic carbocycles. The number of aliphatic imine (C=N–C) groups is 1. The summed E-state index contributed by atoms with van der Waals surface area (Å²) in [6, 6.07) is 11.9. The number of carbonyl (C=O) groups excluding carboxylic acids is 1. The van der Waals surface area contributed by atoms with Gasteiger partial charge in [-0.25, -0.2) is 4.99 Å². The van der Waals surface area contributed by atoms with Crippen LogP contribution in [-0.4, -0.2) is 15.6 Å². The Kier molecular flexibility index (Phi) is 4.15. The number of nitrogens with zero attached hydrogens (tertiary/aromatic N) is 2. The lowest BCUT2D eigenvalue weighted by Crippen LogP contribution is -2.19. The van der Waals surface area contributed by atoms with Crippen LogP contribution in [0.1, 0.15) is 18.2 Å². The van der Waals surface area contributed by atoms with Crippen molar-refractivity contribution in [2.45, 2.75) is 20.4 Å². The largest absolute Gasteiger partial charge is 0.348 e. The molecule has 0 spiro atoms. The van der Waals surface area contributed by atoms with Crippen LogP contribution in [0, 0.1) is 6.92 Å². The van der Waals surface area contributed by atoms with Crippen molar-refractivity contribution >= 4 is 34.6 Å². The molecule has 1 N–H and O–H groups in total. The summed E-state index contributed by atoms with van der Waals surface area (Å²) in [5.41, 5.74) is 3.05. The number of aromatic nitrogens is 1. The minimum Gasteiger partial charge on any atom is -0.348 e. The van der Waals surface area contributed by atoms with Crippen molar-refractivity contribution < 1.29 is 4.79 Å². The molecule has 0 radical (unpaired) electrons. The zero-order chi connectivity index (χ0) is 15.5. The number of thioether (sulfide) groups is 1. The molecule has 1 fully saturated rings. The monoisotopic (exact) mass is 311 g/mol. The summed E-state index contributed by atoms with van der Waals surface area (Å²) in [5.74, 6) is -0.0975. The number of amidine groups is 1. The average Bonchev–Trinajstić information content (AvgIpc) is 3.09. The molecule has 3 rings (SSSR count). The highest BCUT2D eigenvalue weighted by Gasteiger charge is 2.24. The highest BCUT2D eigenvalue weighted by Crippen LogP contribution is 2.28. The Morgan fingerprint density at radius 3 is 2.77 bits per heavy atom. The molecule has 5 heteroatoms. The fraction of sp³-hybridized carbons (Fsp3) is 0.176. The van der Waals surface area contributed by atoms with Gasteiger partial charge in [-0.3, -0.25) is 4.79 Å². The predicted octanol–water partition coefficient (Wildman–Crippen LogP) is 3.71. The van der Waals surface area contributed by atoms with Crippen LogP contribution in [0.4, 0.5) is 5.69 Å². The lowest BCUT2D eigenvalue weighted by molar-refractivity contribution is -0.115. The second kappa shape index (κ2) is 6.23. The standard InChI is InChI=1S/C17H17N3OS/c1-3-20-10-4-5-14(20)11-15-16(21)19-17(22-15)18-13-8-6-12(2)7-9-13/h4-11H,3H2,1-2H3,(H,18,19,21)/b15-11+. The normalized spacial score (nSPS) is 18.2. The number of benzene rings is 1. The fourth-order valence-electron chi connectivity index (χ4n) is 2.20. The van der Waals surface area contributed by atoms with Crippen LogP contribution in [0.25, 0.3) is 6.08 Å². The van der Waals surface area contributed by atoms with Gasteiger partial charge in [0, 0.05) is 18.4 Å². The van der Waals surface area contributed by atoms with Crippen LogP contribution in [0.15, 0.2) is 52.5 Å². The maximum Gasteiger partial charge on any atom is 0.264 e.